The fourth-order valence-electron chi connectivity index (χ4n) is 2.84. The fourth-order valence-corrected chi connectivity index (χ4v) is 2.84. The highest BCUT2D eigenvalue weighted by Crippen LogP contribution is 2.30. The molecule has 0 aliphatic heterocycles. The monoisotopic (exact) mass is 401 g/mol. The van der Waals surface area contributed by atoms with E-state index in [9.17, 15) is 31.1 Å². The largest absolute Gasteiger partial charge is 0.435 e. The molecule has 0 bridgehead atoms. The molecule has 4 rings (SSSR count). The minimum absolute atomic E-state index is 0.00147. The third-order valence-electron chi connectivity index (χ3n) is 4.21. The number of fused-ring (bicyclic) bond motifs is 2. The van der Waals surface area contributed by atoms with Crippen LogP contribution in [0.15, 0.2) is 41.6 Å². The average molecular weight is 401 g/mol. The summed E-state index contributed by atoms with van der Waals surface area (Å²) in [7, 11) is 0. The second-order valence-corrected chi connectivity index (χ2v) is 5.99. The van der Waals surface area contributed by atoms with Crippen LogP contribution in [0.2, 0.25) is 0 Å². The molecule has 0 saturated heterocycles. The Labute approximate surface area is 151 Å². The summed E-state index contributed by atoms with van der Waals surface area (Å²) in [6.45, 7) is 1.45. The van der Waals surface area contributed by atoms with Crippen molar-refractivity contribution in [2.45, 2.75) is 19.3 Å². The van der Waals surface area contributed by atoms with Crippen molar-refractivity contribution in [3.8, 4) is 5.82 Å². The lowest BCUT2D eigenvalue weighted by Crippen LogP contribution is -2.20. The Bertz CT molecular complexity index is 1280. The summed E-state index contributed by atoms with van der Waals surface area (Å²) in [4.78, 5) is 16.8. The predicted molar refractivity (Wildman–Crippen MR) is 84.3 cm³/mol. The lowest BCUT2D eigenvalue weighted by molar-refractivity contribution is -0.141. The van der Waals surface area contributed by atoms with E-state index in [4.69, 9.17) is 0 Å². The van der Waals surface area contributed by atoms with E-state index < -0.39 is 29.2 Å². The predicted octanol–water partition coefficient (Wildman–Crippen LogP) is 3.48. The molecule has 6 nitrogen and oxygen atoms in total. The average Bonchev–Trinajstić information content (AvgIpc) is 3.17. The Morgan fingerprint density at radius 3 is 2.36 bits per heavy atom. The number of alkyl halides is 6. The first-order chi connectivity index (χ1) is 13.0. The summed E-state index contributed by atoms with van der Waals surface area (Å²) < 4.78 is 80.2. The van der Waals surface area contributed by atoms with E-state index in [1.165, 1.54) is 6.92 Å². The first-order valence-electron chi connectivity index (χ1n) is 7.71. The number of nitrogens with zero attached hydrogens (tertiary/aromatic N) is 5. The molecule has 0 amide bonds. The molecule has 0 unspecified atom stereocenters. The van der Waals surface area contributed by atoms with Crippen molar-refractivity contribution in [1.82, 2.24) is 23.6 Å². The van der Waals surface area contributed by atoms with E-state index in [2.05, 4.69) is 10.1 Å². The number of rotatable bonds is 1. The molecule has 4 aromatic heterocycles. The molecule has 4 aromatic rings. The van der Waals surface area contributed by atoms with Crippen LogP contribution in [0.3, 0.4) is 0 Å². The Morgan fingerprint density at radius 1 is 1.00 bits per heavy atom. The minimum atomic E-state index is -4.73. The maximum atomic E-state index is 12.9. The van der Waals surface area contributed by atoms with Crippen molar-refractivity contribution in [2.75, 3.05) is 0 Å². The van der Waals surface area contributed by atoms with Gasteiger partial charge in [-0.15, -0.1) is 0 Å². The SMILES string of the molecule is Cc1c(-n2ccn3nc(C(F)(F)F)cc3c2=O)nc2ccc(C(F)(F)F)cn12. The molecule has 146 valence electrons. The maximum Gasteiger partial charge on any atom is 0.435 e. The molecule has 0 radical (unpaired) electrons. The van der Waals surface area contributed by atoms with Crippen LogP contribution in [0.5, 0.6) is 0 Å². The Balaban J connectivity index is 1.92. The van der Waals surface area contributed by atoms with Crippen LogP contribution in [0.4, 0.5) is 26.3 Å². The van der Waals surface area contributed by atoms with Crippen LogP contribution >= 0.6 is 0 Å². The van der Waals surface area contributed by atoms with E-state index in [-0.39, 0.29) is 22.7 Å². The van der Waals surface area contributed by atoms with Crippen molar-refractivity contribution in [1.29, 1.82) is 0 Å². The highest BCUT2D eigenvalue weighted by molar-refractivity contribution is 5.52. The first-order valence-corrected chi connectivity index (χ1v) is 7.71. The van der Waals surface area contributed by atoms with Gasteiger partial charge in [0.2, 0.25) is 0 Å². The zero-order chi connectivity index (χ0) is 20.4. The summed E-state index contributed by atoms with van der Waals surface area (Å²) in [6, 6.07) is 2.60. The summed E-state index contributed by atoms with van der Waals surface area (Å²) in [5.41, 5.74) is -2.96. The van der Waals surface area contributed by atoms with E-state index in [1.807, 2.05) is 0 Å². The van der Waals surface area contributed by atoms with Crippen LogP contribution < -0.4 is 5.56 Å². The second-order valence-electron chi connectivity index (χ2n) is 5.99. The molecular weight excluding hydrogens is 392 g/mol. The summed E-state index contributed by atoms with van der Waals surface area (Å²) in [5, 5.41) is 3.31. The zero-order valence-corrected chi connectivity index (χ0v) is 13.9. The van der Waals surface area contributed by atoms with Gasteiger partial charge in [0.1, 0.15) is 11.2 Å². The Hall–Kier alpha value is -3.31. The van der Waals surface area contributed by atoms with Gasteiger partial charge in [-0.3, -0.25) is 9.36 Å². The molecule has 28 heavy (non-hydrogen) atoms. The quantitative estimate of drug-likeness (QED) is 0.459. The maximum absolute atomic E-state index is 12.9. The molecule has 0 aliphatic rings. The molecule has 0 atom stereocenters. The normalized spacial score (nSPS) is 13.0. The zero-order valence-electron chi connectivity index (χ0n) is 13.9. The summed E-state index contributed by atoms with van der Waals surface area (Å²) in [5.74, 6) is 0.00147. The van der Waals surface area contributed by atoms with Gasteiger partial charge < -0.3 is 4.40 Å². The molecule has 0 aromatic carbocycles. The van der Waals surface area contributed by atoms with Gasteiger partial charge in [-0.05, 0) is 19.1 Å². The lowest BCUT2D eigenvalue weighted by Gasteiger charge is -2.07. The number of halogens is 6. The molecule has 0 spiro atoms. The van der Waals surface area contributed by atoms with Gasteiger partial charge in [0.05, 0.1) is 11.3 Å². The van der Waals surface area contributed by atoms with Crippen molar-refractivity contribution in [2.24, 2.45) is 0 Å². The van der Waals surface area contributed by atoms with Crippen LogP contribution in [0, 0.1) is 6.92 Å². The van der Waals surface area contributed by atoms with Crippen molar-refractivity contribution < 1.29 is 26.3 Å². The number of hydrogen-bond donors (Lipinski definition) is 0. The van der Waals surface area contributed by atoms with Gasteiger partial charge in [0.25, 0.3) is 5.56 Å². The molecule has 4 heterocycles. The van der Waals surface area contributed by atoms with Crippen LogP contribution in [-0.4, -0.2) is 23.6 Å². The summed E-state index contributed by atoms with van der Waals surface area (Å²) in [6.07, 6.45) is -6.16. The molecule has 12 heteroatoms. The van der Waals surface area contributed by atoms with Gasteiger partial charge in [-0.25, -0.2) is 9.50 Å². The highest BCUT2D eigenvalue weighted by Gasteiger charge is 2.35. The number of aryl methyl sites for hydroxylation is 1. The first kappa shape index (κ1) is 18.1. The third kappa shape index (κ3) is 2.72. The number of pyridine rings is 1. The number of aromatic nitrogens is 5. The van der Waals surface area contributed by atoms with Gasteiger partial charge in [0.15, 0.2) is 11.5 Å². The fraction of sp³-hybridized carbons (Fsp3) is 0.188. The number of imidazole rings is 1. The van der Waals surface area contributed by atoms with E-state index >= 15 is 0 Å². The number of hydrogen-bond acceptors (Lipinski definition) is 3. The van der Waals surface area contributed by atoms with Gasteiger partial charge in [0, 0.05) is 24.7 Å². The standard InChI is InChI=1S/C16H9F6N5O/c1-8-13(23-12-3-2-9(7-26(8)12)15(17,18)19)25-4-5-27-10(14(25)28)6-11(24-27)16(20,21)22/h2-7H,1H3. The third-order valence-corrected chi connectivity index (χ3v) is 4.21. The van der Waals surface area contributed by atoms with E-state index in [1.54, 1.807) is 0 Å². The Kier molecular flexibility index (Phi) is 3.61. The van der Waals surface area contributed by atoms with Crippen molar-refractivity contribution in [3.05, 3.63) is 64.1 Å². The van der Waals surface area contributed by atoms with Crippen LogP contribution in [0.25, 0.3) is 17.0 Å². The van der Waals surface area contributed by atoms with E-state index in [0.717, 1.165) is 44.2 Å². The molecular formula is C16H9F6N5O. The smallest absolute Gasteiger partial charge is 0.301 e. The molecule has 0 saturated carbocycles. The van der Waals surface area contributed by atoms with Gasteiger partial charge in [-0.2, -0.15) is 31.4 Å². The Morgan fingerprint density at radius 2 is 1.71 bits per heavy atom. The van der Waals surface area contributed by atoms with Gasteiger partial charge >= 0.3 is 12.4 Å². The second kappa shape index (κ2) is 5.59. The topological polar surface area (TPSA) is 56.6 Å². The minimum Gasteiger partial charge on any atom is -0.301 e. The van der Waals surface area contributed by atoms with E-state index in [0.29, 0.717) is 6.07 Å². The molecule has 0 N–H and O–H groups in total. The van der Waals surface area contributed by atoms with Gasteiger partial charge in [-0.1, -0.05) is 0 Å². The molecule has 0 fully saturated rings. The summed E-state index contributed by atoms with van der Waals surface area (Å²) >= 11 is 0. The molecule has 0 aliphatic carbocycles. The van der Waals surface area contributed by atoms with Crippen LogP contribution in [-0.2, 0) is 12.4 Å². The highest BCUT2D eigenvalue weighted by atomic mass is 19.4. The van der Waals surface area contributed by atoms with Crippen molar-refractivity contribution in [3.63, 3.8) is 0 Å². The van der Waals surface area contributed by atoms with Crippen LogP contribution in [0.1, 0.15) is 17.0 Å². The lowest BCUT2D eigenvalue weighted by atomic mass is 10.3. The van der Waals surface area contributed by atoms with Crippen molar-refractivity contribution >= 4 is 11.2 Å².